The second-order valence-corrected chi connectivity index (χ2v) is 38.5. The van der Waals surface area contributed by atoms with Gasteiger partial charge >= 0.3 is 0 Å². The van der Waals surface area contributed by atoms with Crippen LogP contribution < -0.4 is 4.74 Å². The number of rotatable bonds is 16. The van der Waals surface area contributed by atoms with Crippen LogP contribution in [0.1, 0.15) is 33.4 Å². The van der Waals surface area contributed by atoms with Crippen LogP contribution in [0.4, 0.5) is 0 Å². The highest BCUT2D eigenvalue weighted by Gasteiger charge is 2.21. The van der Waals surface area contributed by atoms with Gasteiger partial charge in [0.1, 0.15) is 34.9 Å². The first kappa shape index (κ1) is 92.9. The minimum Gasteiger partial charge on any atom is -0.496 e. The van der Waals surface area contributed by atoms with Crippen LogP contribution in [-0.4, -0.2) is 108 Å². The Morgan fingerprint density at radius 1 is 0.196 bits per heavy atom. The number of nitrogens with one attached hydrogen (secondary N) is 5. The van der Waals surface area contributed by atoms with Crippen molar-refractivity contribution >= 4 is 135 Å². The summed E-state index contributed by atoms with van der Waals surface area (Å²) in [4.78, 5) is 62.7. The highest BCUT2D eigenvalue weighted by molar-refractivity contribution is 9.11. The van der Waals surface area contributed by atoms with Crippen molar-refractivity contribution in [2.45, 2.75) is 41.5 Å². The predicted octanol–water partition coefficient (Wildman–Crippen LogP) is 30.4. The molecule has 0 aliphatic heterocycles. The van der Waals surface area contributed by atoms with Crippen molar-refractivity contribution in [1.82, 2.24) is 101 Å². The molecule has 0 spiro atoms. The van der Waals surface area contributed by atoms with Gasteiger partial charge in [-0.05, 0) is 205 Å². The van der Waals surface area contributed by atoms with E-state index in [1.54, 1.807) is 7.11 Å². The molecule has 0 aliphatic carbocycles. The molecule has 5 N–H and O–H groups in total. The summed E-state index contributed by atoms with van der Waals surface area (Å²) in [5, 5.41) is 20.6. The quantitative estimate of drug-likeness (QED) is 0.0600. The van der Waals surface area contributed by atoms with Gasteiger partial charge in [0.15, 0.2) is 0 Å². The molecule has 0 atom stereocenters. The van der Waals surface area contributed by atoms with E-state index in [-0.39, 0.29) is 0 Å². The summed E-state index contributed by atoms with van der Waals surface area (Å²) in [5.41, 5.74) is 30.5. The fraction of sp³-hybridized carbons (Fsp3) is 0.0625. The maximum atomic E-state index is 5.50. The molecule has 0 bridgehead atoms. The Hall–Kier alpha value is -16.5. The monoisotopic (exact) mass is 2190 g/mol. The zero-order valence-electron chi connectivity index (χ0n) is 77.1. The molecule has 0 radical (unpaired) electrons. The lowest BCUT2D eigenvalue weighted by Gasteiger charge is -2.04. The van der Waals surface area contributed by atoms with Crippen molar-refractivity contribution in [2.75, 3.05) is 7.11 Å². The van der Waals surface area contributed by atoms with Crippen molar-refractivity contribution in [3.8, 4) is 177 Å². The van der Waals surface area contributed by atoms with Gasteiger partial charge < -0.3 is 52.3 Å². The lowest BCUT2D eigenvalue weighted by Crippen LogP contribution is -1.88. The molecule has 0 saturated heterocycles. The van der Waals surface area contributed by atoms with E-state index in [0.717, 1.165) is 201 Å². The normalized spacial score (nSPS) is 11.2. The molecule has 15 aromatic carbocycles. The van der Waals surface area contributed by atoms with Gasteiger partial charge in [0.25, 0.3) is 29.5 Å². The summed E-state index contributed by atoms with van der Waals surface area (Å²) in [6, 6.07) is 106. The van der Waals surface area contributed by atoms with Crippen molar-refractivity contribution in [1.29, 1.82) is 0 Å². The van der Waals surface area contributed by atoms with E-state index in [0.29, 0.717) is 58.6 Å². The summed E-state index contributed by atoms with van der Waals surface area (Å²) >= 11 is 17.4. The van der Waals surface area contributed by atoms with Gasteiger partial charge in [0.05, 0.1) is 62.3 Å². The van der Waals surface area contributed by atoms with E-state index in [1.165, 1.54) is 27.8 Å². The molecule has 698 valence electrons. The predicted molar refractivity (Wildman–Crippen MR) is 575 cm³/mol. The minimum absolute atomic E-state index is 0.475. The second kappa shape index (κ2) is 40.8. The number of methoxy groups -OCH3 is 1. The van der Waals surface area contributed by atoms with Gasteiger partial charge in [-0.25, -0.2) is 24.9 Å². The van der Waals surface area contributed by atoms with Crippen LogP contribution in [-0.2, 0) is 0 Å². The first-order chi connectivity index (χ1) is 69.6. The average molecular weight is 2200 g/mol. The summed E-state index contributed by atoms with van der Waals surface area (Å²) < 4.78 is 37.7. The van der Waals surface area contributed by atoms with E-state index in [9.17, 15) is 0 Å². The Labute approximate surface area is 858 Å². The summed E-state index contributed by atoms with van der Waals surface area (Å²) in [6.07, 6.45) is 0. The molecule has 0 fully saturated rings. The van der Waals surface area contributed by atoms with Crippen molar-refractivity contribution in [3.05, 3.63) is 377 Å². The third-order valence-electron chi connectivity index (χ3n) is 23.4. The zero-order chi connectivity index (χ0) is 97.9. The number of imidazole rings is 5. The van der Waals surface area contributed by atoms with Crippen molar-refractivity contribution in [2.24, 2.45) is 0 Å². The molecule has 25 aromatic rings. The van der Waals surface area contributed by atoms with E-state index < -0.39 is 0 Å². The lowest BCUT2D eigenvalue weighted by atomic mass is 10.1. The Bertz CT molecular complexity index is 8390. The molecule has 26 nitrogen and oxygen atoms in total. The molecule has 143 heavy (non-hydrogen) atoms. The third kappa shape index (κ3) is 21.2. The number of aromatic nitrogens is 20. The Morgan fingerprint density at radius 2 is 0.406 bits per heavy atom. The maximum Gasteiger partial charge on any atom is 0.258 e. The van der Waals surface area contributed by atoms with Crippen molar-refractivity contribution in [3.63, 3.8) is 0 Å². The number of hydrogen-bond donors (Lipinski definition) is 5. The SMILES string of the molecule is COc1ccc(-c2nc(-c3ccc(-c4nc5ccc(Br)cc5[nH]4)cc3)no2)cc1C.Cc1cc(C)cc(-c2nc(-c3ccc(-c4nc5ccc(Br)cc5[nH]4)cc3)no2)c1.Cc1ccc(-c2nc(-c3ccc(-c4nc5ccc(Br)cc5[nH]4)cc3)no2)cc1.Cc1ccc(-c2nc(-c3ccc(-c4nc5ccc(Br)cc5[nH]4)cc3)no2)cc1.Cc1ccc(-c2nc(-c3ccc(-c4nc5ccc(Br)cc5[nH]4)cc3)no2)cc1. The number of hydrogen-bond acceptors (Lipinski definition) is 21. The van der Waals surface area contributed by atoms with Gasteiger partial charge in [0, 0.05) is 106 Å². The average Bonchev–Trinajstić information content (AvgIpc) is 1.68. The first-order valence-electron chi connectivity index (χ1n) is 45.1. The number of aromatic amines is 5. The fourth-order valence-electron chi connectivity index (χ4n) is 16.0. The summed E-state index contributed by atoms with van der Waals surface area (Å²) in [7, 11) is 1.65. The standard InChI is InChI=1S/C23H17BrN4O2.C23H17BrN4O.3C22H15BrN4O/c1-13-11-16(7-10-20(13)29-2)23-27-22(28-30-23)15-5-3-14(4-6-15)21-25-18-9-8-17(24)12-19(18)26-21;1-13-9-14(2)11-17(10-13)23-27-22(28-29-23)16-5-3-15(4-6-16)21-25-19-8-7-18(24)12-20(19)26-21;3*1-13-2-4-16(5-3-13)22-26-21(27-28-22)15-8-6-14(7-9-15)20-24-18-11-10-17(23)12-19(18)25-20/h3-12H,1-2H3,(H,25,26);3-12H,1-2H3,(H,25,26);3*2-12H,1H3,(H,24,25). The molecule has 0 amide bonds. The summed E-state index contributed by atoms with van der Waals surface area (Å²) in [5.74, 6) is 10.3. The number of aryl methyl sites for hydroxylation is 6. The van der Waals surface area contributed by atoms with Gasteiger partial charge in [-0.15, -0.1) is 0 Å². The first-order valence-corrected chi connectivity index (χ1v) is 49.0. The number of H-pyrrole nitrogens is 5. The van der Waals surface area contributed by atoms with Crippen LogP contribution in [0.3, 0.4) is 0 Å². The van der Waals surface area contributed by atoms with Gasteiger partial charge in [0.2, 0.25) is 29.1 Å². The topological polar surface area (TPSA) is 347 Å². The van der Waals surface area contributed by atoms with E-state index >= 15 is 0 Å². The molecule has 10 aromatic heterocycles. The smallest absolute Gasteiger partial charge is 0.258 e. The van der Waals surface area contributed by atoms with Crippen LogP contribution >= 0.6 is 79.6 Å². The second-order valence-electron chi connectivity index (χ2n) is 33.9. The Kier molecular flexibility index (Phi) is 26.5. The molecule has 31 heteroatoms. The molecular weight excluding hydrogens is 2120 g/mol. The highest BCUT2D eigenvalue weighted by atomic mass is 79.9. The largest absolute Gasteiger partial charge is 0.496 e. The molecule has 0 saturated carbocycles. The van der Waals surface area contributed by atoms with Crippen LogP contribution in [0.2, 0.25) is 0 Å². The number of fused-ring (bicyclic) bond motifs is 5. The Balaban J connectivity index is 0.000000106. The number of halogens is 5. The lowest BCUT2D eigenvalue weighted by molar-refractivity contribution is 0.411. The number of benzene rings is 15. The van der Waals surface area contributed by atoms with Crippen LogP contribution in [0.5, 0.6) is 5.75 Å². The molecule has 0 unspecified atom stereocenters. The zero-order valence-corrected chi connectivity index (χ0v) is 85.1. The fourth-order valence-corrected chi connectivity index (χ4v) is 17.8. The minimum atomic E-state index is 0.475. The van der Waals surface area contributed by atoms with Crippen LogP contribution in [0.25, 0.3) is 226 Å². The molecule has 0 aliphatic rings. The van der Waals surface area contributed by atoms with E-state index in [4.69, 9.17) is 27.4 Å². The van der Waals surface area contributed by atoms with Gasteiger partial charge in [-0.3, -0.25) is 0 Å². The Morgan fingerprint density at radius 3 is 0.636 bits per heavy atom. The molecule has 10 heterocycles. The van der Waals surface area contributed by atoms with Gasteiger partial charge in [-0.2, -0.15) is 24.9 Å². The maximum absolute atomic E-state index is 5.50. The molecule has 25 rings (SSSR count). The number of nitrogens with zero attached hydrogens (tertiary/aromatic N) is 15. The van der Waals surface area contributed by atoms with E-state index in [1.807, 2.05) is 343 Å². The summed E-state index contributed by atoms with van der Waals surface area (Å²) in [6.45, 7) is 12.2. The van der Waals surface area contributed by atoms with Crippen LogP contribution in [0, 0.1) is 41.5 Å². The highest BCUT2D eigenvalue weighted by Crippen LogP contribution is 2.37. The van der Waals surface area contributed by atoms with E-state index in [2.05, 4.69) is 200 Å². The van der Waals surface area contributed by atoms with Crippen molar-refractivity contribution < 1.29 is 27.4 Å². The third-order valence-corrected chi connectivity index (χ3v) is 25.9. The number of ether oxygens (including phenoxy) is 1. The molecular formula is C112H79Br5N20O6. The van der Waals surface area contributed by atoms with Crippen LogP contribution in [0.15, 0.2) is 366 Å². The van der Waals surface area contributed by atoms with Gasteiger partial charge in [-0.1, -0.05) is 297 Å².